The van der Waals surface area contributed by atoms with Gasteiger partial charge in [-0.1, -0.05) is 0 Å². The highest BCUT2D eigenvalue weighted by molar-refractivity contribution is 5.03. The molecule has 0 bridgehead atoms. The topological polar surface area (TPSA) is 46.0 Å². The molecule has 0 unspecified atom stereocenters. The molecule has 1 aromatic rings. The summed E-state index contributed by atoms with van der Waals surface area (Å²) >= 11 is 0. The second-order valence-electron chi connectivity index (χ2n) is 1.93. The Kier molecular flexibility index (Phi) is 1.91. The molecule has 1 aromatic heterocycles. The van der Waals surface area contributed by atoms with Crippen molar-refractivity contribution in [3.05, 3.63) is 24.0 Å². The van der Waals surface area contributed by atoms with Crippen molar-refractivity contribution >= 4 is 0 Å². The Hall–Kier alpha value is -1.03. The monoisotopic (exact) mass is 142 g/mol. The van der Waals surface area contributed by atoms with E-state index in [4.69, 9.17) is 5.11 Å². The number of aliphatic hydroxyl groups is 1. The standard InChI is InChI=1S/C6H7FN2O/c1-4(10)6-5(7)2-8-3-9-6/h2-4,10H,1H3/t4-/m0/s1. The molecular weight excluding hydrogens is 135 g/mol. The minimum absolute atomic E-state index is 0.0370. The summed E-state index contributed by atoms with van der Waals surface area (Å²) in [6.07, 6.45) is 1.35. The molecule has 1 rings (SSSR count). The van der Waals surface area contributed by atoms with Crippen LogP contribution in [0, 0.1) is 5.82 Å². The molecule has 0 aliphatic carbocycles. The van der Waals surface area contributed by atoms with Crippen molar-refractivity contribution in [3.8, 4) is 0 Å². The first-order chi connectivity index (χ1) is 4.72. The fourth-order valence-corrected chi connectivity index (χ4v) is 0.630. The SMILES string of the molecule is C[C@H](O)c1ncncc1F. The van der Waals surface area contributed by atoms with Crippen LogP contribution in [0.15, 0.2) is 12.5 Å². The lowest BCUT2D eigenvalue weighted by Gasteiger charge is -2.01. The Morgan fingerprint density at radius 3 is 2.80 bits per heavy atom. The maximum Gasteiger partial charge on any atom is 0.165 e. The van der Waals surface area contributed by atoms with E-state index in [0.717, 1.165) is 6.20 Å². The summed E-state index contributed by atoms with van der Waals surface area (Å²) in [4.78, 5) is 6.97. The highest BCUT2D eigenvalue weighted by Gasteiger charge is 2.07. The summed E-state index contributed by atoms with van der Waals surface area (Å²) in [5, 5.41) is 8.87. The van der Waals surface area contributed by atoms with E-state index >= 15 is 0 Å². The van der Waals surface area contributed by atoms with E-state index in [-0.39, 0.29) is 5.69 Å². The zero-order chi connectivity index (χ0) is 7.56. The van der Waals surface area contributed by atoms with Gasteiger partial charge in [0, 0.05) is 0 Å². The van der Waals surface area contributed by atoms with Gasteiger partial charge >= 0.3 is 0 Å². The number of aliphatic hydroxyl groups excluding tert-OH is 1. The van der Waals surface area contributed by atoms with Crippen LogP contribution in [-0.4, -0.2) is 15.1 Å². The van der Waals surface area contributed by atoms with Crippen LogP contribution in [-0.2, 0) is 0 Å². The second kappa shape index (κ2) is 2.70. The summed E-state index contributed by atoms with van der Waals surface area (Å²) < 4.78 is 12.6. The minimum atomic E-state index is -0.872. The molecule has 10 heavy (non-hydrogen) atoms. The third kappa shape index (κ3) is 1.27. The molecule has 0 aliphatic heterocycles. The van der Waals surface area contributed by atoms with Crippen LogP contribution in [0.25, 0.3) is 0 Å². The minimum Gasteiger partial charge on any atom is -0.387 e. The van der Waals surface area contributed by atoms with E-state index in [1.807, 2.05) is 0 Å². The highest BCUT2D eigenvalue weighted by atomic mass is 19.1. The molecule has 0 aliphatic rings. The molecule has 0 fully saturated rings. The fraction of sp³-hybridized carbons (Fsp3) is 0.333. The summed E-state index contributed by atoms with van der Waals surface area (Å²) in [6.45, 7) is 1.45. The summed E-state index contributed by atoms with van der Waals surface area (Å²) in [5.41, 5.74) is 0.0370. The van der Waals surface area contributed by atoms with Gasteiger partial charge in [-0.05, 0) is 6.92 Å². The van der Waals surface area contributed by atoms with Crippen molar-refractivity contribution in [1.82, 2.24) is 9.97 Å². The molecule has 0 saturated carbocycles. The third-order valence-corrected chi connectivity index (χ3v) is 1.09. The van der Waals surface area contributed by atoms with Gasteiger partial charge in [0.25, 0.3) is 0 Å². The smallest absolute Gasteiger partial charge is 0.165 e. The normalized spacial score (nSPS) is 13.1. The van der Waals surface area contributed by atoms with E-state index in [0.29, 0.717) is 0 Å². The van der Waals surface area contributed by atoms with Gasteiger partial charge in [-0.2, -0.15) is 0 Å². The van der Waals surface area contributed by atoms with Crippen LogP contribution in [0.4, 0.5) is 4.39 Å². The fourth-order valence-electron chi connectivity index (χ4n) is 0.630. The van der Waals surface area contributed by atoms with Gasteiger partial charge in [-0.3, -0.25) is 0 Å². The van der Waals surface area contributed by atoms with Gasteiger partial charge in [-0.25, -0.2) is 14.4 Å². The summed E-state index contributed by atoms with van der Waals surface area (Å²) in [5.74, 6) is -0.572. The number of rotatable bonds is 1. The molecule has 54 valence electrons. The van der Waals surface area contributed by atoms with Crippen molar-refractivity contribution in [2.24, 2.45) is 0 Å². The van der Waals surface area contributed by atoms with Crippen molar-refractivity contribution in [2.75, 3.05) is 0 Å². The predicted molar refractivity (Wildman–Crippen MR) is 32.6 cm³/mol. The molecule has 0 spiro atoms. The molecule has 0 radical (unpaired) electrons. The van der Waals surface area contributed by atoms with Gasteiger partial charge < -0.3 is 5.11 Å². The summed E-state index contributed by atoms with van der Waals surface area (Å²) in [6, 6.07) is 0. The Balaban J connectivity index is 3.03. The average molecular weight is 142 g/mol. The molecule has 1 heterocycles. The van der Waals surface area contributed by atoms with Crippen LogP contribution >= 0.6 is 0 Å². The number of nitrogens with zero attached hydrogens (tertiary/aromatic N) is 2. The Morgan fingerprint density at radius 2 is 2.40 bits per heavy atom. The largest absolute Gasteiger partial charge is 0.387 e. The molecule has 0 amide bonds. The molecule has 1 N–H and O–H groups in total. The quantitative estimate of drug-likeness (QED) is 0.626. The zero-order valence-corrected chi connectivity index (χ0v) is 5.45. The van der Waals surface area contributed by atoms with E-state index in [1.165, 1.54) is 13.3 Å². The third-order valence-electron chi connectivity index (χ3n) is 1.09. The average Bonchev–Trinajstić information content (AvgIpc) is 1.88. The predicted octanol–water partition coefficient (Wildman–Crippen LogP) is 0.669. The Bertz CT molecular complexity index is 227. The lowest BCUT2D eigenvalue weighted by Crippen LogP contribution is -1.99. The van der Waals surface area contributed by atoms with Gasteiger partial charge in [0.2, 0.25) is 0 Å². The Labute approximate surface area is 57.6 Å². The first-order valence-electron chi connectivity index (χ1n) is 2.85. The van der Waals surface area contributed by atoms with Crippen LogP contribution in [0.2, 0.25) is 0 Å². The van der Waals surface area contributed by atoms with Gasteiger partial charge in [-0.15, -0.1) is 0 Å². The number of hydrogen-bond donors (Lipinski definition) is 1. The number of halogens is 1. The highest BCUT2D eigenvalue weighted by Crippen LogP contribution is 2.10. The first-order valence-corrected chi connectivity index (χ1v) is 2.85. The van der Waals surface area contributed by atoms with E-state index < -0.39 is 11.9 Å². The van der Waals surface area contributed by atoms with E-state index in [1.54, 1.807) is 0 Å². The molecular formula is C6H7FN2O. The summed E-state index contributed by atoms with van der Waals surface area (Å²) in [7, 11) is 0. The maximum absolute atomic E-state index is 12.6. The number of aromatic nitrogens is 2. The molecule has 0 aromatic carbocycles. The van der Waals surface area contributed by atoms with Gasteiger partial charge in [0.1, 0.15) is 12.0 Å². The molecule has 4 heteroatoms. The van der Waals surface area contributed by atoms with Crippen molar-refractivity contribution in [1.29, 1.82) is 0 Å². The molecule has 1 atom stereocenters. The van der Waals surface area contributed by atoms with Crippen LogP contribution in [0.1, 0.15) is 18.7 Å². The van der Waals surface area contributed by atoms with Gasteiger partial charge in [0.15, 0.2) is 5.82 Å². The lowest BCUT2D eigenvalue weighted by atomic mass is 10.3. The van der Waals surface area contributed by atoms with Crippen molar-refractivity contribution in [3.63, 3.8) is 0 Å². The maximum atomic E-state index is 12.6. The van der Waals surface area contributed by atoms with Crippen molar-refractivity contribution in [2.45, 2.75) is 13.0 Å². The molecule has 3 nitrogen and oxygen atoms in total. The van der Waals surface area contributed by atoms with Crippen molar-refractivity contribution < 1.29 is 9.50 Å². The van der Waals surface area contributed by atoms with Crippen LogP contribution in [0.5, 0.6) is 0 Å². The Morgan fingerprint density at radius 1 is 1.70 bits per heavy atom. The zero-order valence-electron chi connectivity index (χ0n) is 5.45. The van der Waals surface area contributed by atoms with Gasteiger partial charge in [0.05, 0.1) is 12.3 Å². The van der Waals surface area contributed by atoms with E-state index in [2.05, 4.69) is 9.97 Å². The first kappa shape index (κ1) is 7.08. The number of hydrogen-bond acceptors (Lipinski definition) is 3. The lowest BCUT2D eigenvalue weighted by molar-refractivity contribution is 0.188. The molecule has 0 saturated heterocycles. The van der Waals surface area contributed by atoms with Crippen LogP contribution in [0.3, 0.4) is 0 Å². The van der Waals surface area contributed by atoms with E-state index in [9.17, 15) is 4.39 Å². The second-order valence-corrected chi connectivity index (χ2v) is 1.93. The van der Waals surface area contributed by atoms with Crippen LogP contribution < -0.4 is 0 Å².